The zero-order valence-electron chi connectivity index (χ0n) is 21.7. The molecule has 1 aliphatic rings. The molecule has 0 aliphatic carbocycles. The second kappa shape index (κ2) is 9.96. The molecule has 4 heterocycles. The van der Waals surface area contributed by atoms with E-state index >= 15 is 0 Å². The summed E-state index contributed by atoms with van der Waals surface area (Å²) in [5.74, 6) is 0.293. The van der Waals surface area contributed by atoms with E-state index in [9.17, 15) is 15.3 Å². The van der Waals surface area contributed by atoms with Crippen LogP contribution in [0.4, 0.5) is 11.5 Å². The third-order valence-corrected chi connectivity index (χ3v) is 6.31. The summed E-state index contributed by atoms with van der Waals surface area (Å²) in [6.45, 7) is 11.3. The molecular formula is C28H29N7O2. The molecular weight excluding hydrogens is 466 g/mol. The zero-order chi connectivity index (χ0) is 26.8. The van der Waals surface area contributed by atoms with Crippen LogP contribution in [0.15, 0.2) is 42.9 Å². The Balaban J connectivity index is 1.61. The van der Waals surface area contributed by atoms with Gasteiger partial charge in [0.15, 0.2) is 0 Å². The Kier molecular flexibility index (Phi) is 6.93. The van der Waals surface area contributed by atoms with Crippen molar-refractivity contribution in [2.45, 2.75) is 45.6 Å². The molecule has 0 unspecified atom stereocenters. The van der Waals surface area contributed by atoms with Gasteiger partial charge in [-0.3, -0.25) is 14.8 Å². The van der Waals surface area contributed by atoms with E-state index in [2.05, 4.69) is 37.3 Å². The number of anilines is 2. The Morgan fingerprint density at radius 3 is 2.65 bits per heavy atom. The van der Waals surface area contributed by atoms with E-state index < -0.39 is 5.41 Å². The predicted octanol–water partition coefficient (Wildman–Crippen LogP) is 4.39. The molecule has 1 saturated heterocycles. The van der Waals surface area contributed by atoms with Crippen LogP contribution in [0.2, 0.25) is 0 Å². The van der Waals surface area contributed by atoms with Gasteiger partial charge in [0.2, 0.25) is 0 Å². The molecule has 9 nitrogen and oxygen atoms in total. The van der Waals surface area contributed by atoms with Crippen LogP contribution < -0.4 is 10.2 Å². The Morgan fingerprint density at radius 2 is 1.95 bits per heavy atom. The highest BCUT2D eigenvalue weighted by Gasteiger charge is 2.29. The summed E-state index contributed by atoms with van der Waals surface area (Å²) in [5, 5.41) is 22.1. The van der Waals surface area contributed by atoms with Crippen molar-refractivity contribution in [1.29, 1.82) is 10.5 Å². The first-order chi connectivity index (χ1) is 17.5. The molecule has 0 saturated carbocycles. The van der Waals surface area contributed by atoms with E-state index in [1.165, 1.54) is 6.20 Å². The van der Waals surface area contributed by atoms with Crippen molar-refractivity contribution in [3.8, 4) is 23.3 Å². The molecule has 188 valence electrons. The van der Waals surface area contributed by atoms with E-state index in [4.69, 9.17) is 4.74 Å². The highest BCUT2D eigenvalue weighted by molar-refractivity contribution is 6.04. The lowest BCUT2D eigenvalue weighted by atomic mass is 9.90. The van der Waals surface area contributed by atoms with Crippen LogP contribution in [0.25, 0.3) is 11.1 Å². The summed E-state index contributed by atoms with van der Waals surface area (Å²) in [6, 6.07) is 11.3. The van der Waals surface area contributed by atoms with Crippen molar-refractivity contribution in [2.75, 3.05) is 29.9 Å². The number of nitrogens with one attached hydrogen (secondary N) is 1. The van der Waals surface area contributed by atoms with Crippen molar-refractivity contribution >= 4 is 17.4 Å². The molecule has 1 aliphatic heterocycles. The molecule has 37 heavy (non-hydrogen) atoms. The number of ether oxygens (including phenoxy) is 1. The number of carbonyl (C=O) groups excluding carboxylic acids is 1. The molecule has 0 bridgehead atoms. The number of amides is 1. The second-order valence-corrected chi connectivity index (χ2v) is 10.2. The normalized spacial score (nSPS) is 14.9. The number of nitriles is 2. The number of hydrogen-bond acceptors (Lipinski definition) is 8. The maximum Gasteiger partial charge on any atom is 0.255 e. The van der Waals surface area contributed by atoms with E-state index in [-0.39, 0.29) is 11.5 Å². The number of morpholine rings is 1. The number of carbonyl (C=O) groups is 1. The topological polar surface area (TPSA) is 128 Å². The van der Waals surface area contributed by atoms with Gasteiger partial charge in [0.25, 0.3) is 5.91 Å². The van der Waals surface area contributed by atoms with Crippen LogP contribution in [0, 0.1) is 29.6 Å². The lowest BCUT2D eigenvalue weighted by molar-refractivity contribution is -0.0279. The highest BCUT2D eigenvalue weighted by atomic mass is 16.5. The van der Waals surface area contributed by atoms with Gasteiger partial charge in [-0.2, -0.15) is 10.5 Å². The zero-order valence-corrected chi connectivity index (χ0v) is 21.7. The maximum absolute atomic E-state index is 13.0. The first-order valence-corrected chi connectivity index (χ1v) is 12.0. The minimum atomic E-state index is -0.816. The molecule has 0 atom stereocenters. The molecule has 0 aromatic carbocycles. The van der Waals surface area contributed by atoms with Gasteiger partial charge in [-0.25, -0.2) is 4.98 Å². The average Bonchev–Trinajstić information content (AvgIpc) is 2.88. The highest BCUT2D eigenvalue weighted by Crippen LogP contribution is 2.30. The van der Waals surface area contributed by atoms with Crippen LogP contribution >= 0.6 is 0 Å². The third kappa shape index (κ3) is 5.58. The molecule has 3 aromatic rings. The van der Waals surface area contributed by atoms with Gasteiger partial charge in [-0.15, -0.1) is 0 Å². The summed E-state index contributed by atoms with van der Waals surface area (Å²) in [7, 11) is 0. The molecule has 3 aromatic heterocycles. The first-order valence-electron chi connectivity index (χ1n) is 12.0. The van der Waals surface area contributed by atoms with Crippen LogP contribution in [0.1, 0.15) is 55.0 Å². The number of hydrogen-bond donors (Lipinski definition) is 1. The van der Waals surface area contributed by atoms with E-state index in [0.717, 1.165) is 16.8 Å². The molecule has 0 spiro atoms. The number of nitrogens with zero attached hydrogens (tertiary/aromatic N) is 6. The average molecular weight is 496 g/mol. The Hall–Kier alpha value is -4.34. The number of rotatable bonds is 5. The van der Waals surface area contributed by atoms with E-state index in [1.54, 1.807) is 44.4 Å². The van der Waals surface area contributed by atoms with Gasteiger partial charge < -0.3 is 15.0 Å². The second-order valence-electron chi connectivity index (χ2n) is 10.2. The minimum Gasteiger partial charge on any atom is -0.372 e. The summed E-state index contributed by atoms with van der Waals surface area (Å²) in [5.41, 5.74) is 2.97. The largest absolute Gasteiger partial charge is 0.372 e. The third-order valence-electron chi connectivity index (χ3n) is 6.31. The fourth-order valence-electron chi connectivity index (χ4n) is 4.20. The summed E-state index contributed by atoms with van der Waals surface area (Å²) in [4.78, 5) is 28.4. The molecule has 1 amide bonds. The molecule has 4 rings (SSSR count). The minimum absolute atomic E-state index is 0.321. The summed E-state index contributed by atoms with van der Waals surface area (Å²) >= 11 is 0. The van der Waals surface area contributed by atoms with Crippen molar-refractivity contribution in [3.05, 3.63) is 65.4 Å². The Bertz CT molecular complexity index is 1430. The summed E-state index contributed by atoms with van der Waals surface area (Å²) < 4.78 is 5.79. The fourth-order valence-corrected chi connectivity index (χ4v) is 4.20. The van der Waals surface area contributed by atoms with Gasteiger partial charge in [-0.1, -0.05) is 0 Å². The lowest BCUT2D eigenvalue weighted by Gasteiger charge is -2.39. The standard InChI is InChI=1S/C28H29N7O2/c1-18-23(21-10-20(13-29)25(33-14-21)35-8-9-37-28(4,5)17-35)12-22(15-32-18)34-26(36)19-6-7-31-24(11-19)27(2,3)16-30/h6-7,10-12,14-15H,8-9,17H2,1-5H3,(H,34,36). The van der Waals surface area contributed by atoms with Crippen LogP contribution in [0.5, 0.6) is 0 Å². The molecule has 9 heteroatoms. The quantitative estimate of drug-likeness (QED) is 0.552. The Labute approximate surface area is 216 Å². The van der Waals surface area contributed by atoms with Gasteiger partial charge in [0.05, 0.1) is 46.8 Å². The van der Waals surface area contributed by atoms with E-state index in [0.29, 0.717) is 48.0 Å². The van der Waals surface area contributed by atoms with Gasteiger partial charge >= 0.3 is 0 Å². The smallest absolute Gasteiger partial charge is 0.255 e. The van der Waals surface area contributed by atoms with Gasteiger partial charge in [-0.05, 0) is 58.9 Å². The van der Waals surface area contributed by atoms with Crippen LogP contribution in [0.3, 0.4) is 0 Å². The van der Waals surface area contributed by atoms with Gasteiger partial charge in [0.1, 0.15) is 11.9 Å². The van der Waals surface area contributed by atoms with Crippen molar-refractivity contribution in [3.63, 3.8) is 0 Å². The predicted molar refractivity (Wildman–Crippen MR) is 140 cm³/mol. The molecule has 0 radical (unpaired) electrons. The number of pyridine rings is 3. The lowest BCUT2D eigenvalue weighted by Crippen LogP contribution is -2.48. The number of aryl methyl sites for hydroxylation is 1. The maximum atomic E-state index is 13.0. The van der Waals surface area contributed by atoms with Crippen molar-refractivity contribution in [1.82, 2.24) is 15.0 Å². The monoisotopic (exact) mass is 495 g/mol. The number of aromatic nitrogens is 3. The molecule has 1 fully saturated rings. The van der Waals surface area contributed by atoms with Crippen molar-refractivity contribution < 1.29 is 9.53 Å². The Morgan fingerprint density at radius 1 is 1.16 bits per heavy atom. The first kappa shape index (κ1) is 25.7. The fraction of sp³-hybridized carbons (Fsp3) is 0.357. The van der Waals surface area contributed by atoms with Gasteiger partial charge in [0, 0.05) is 47.9 Å². The van der Waals surface area contributed by atoms with Crippen LogP contribution in [-0.2, 0) is 10.2 Å². The SMILES string of the molecule is Cc1ncc(NC(=O)c2ccnc(C(C)(C)C#N)c2)cc1-c1cnc(N2CCOC(C)(C)C2)c(C#N)c1. The summed E-state index contributed by atoms with van der Waals surface area (Å²) in [6.07, 6.45) is 4.84. The molecule has 1 N–H and O–H groups in total. The van der Waals surface area contributed by atoms with E-state index in [1.807, 2.05) is 26.8 Å². The van der Waals surface area contributed by atoms with Crippen LogP contribution in [-0.4, -0.2) is 46.2 Å². The van der Waals surface area contributed by atoms with Crippen molar-refractivity contribution in [2.24, 2.45) is 0 Å².